The fraction of sp³-hybridized carbons (Fsp3) is 0.333. The molecule has 1 heterocycles. The number of rotatable bonds is 5. The first kappa shape index (κ1) is 11.8. The average Bonchev–Trinajstić information content (AvgIpc) is 2.79. The van der Waals surface area contributed by atoms with Crippen molar-refractivity contribution in [1.29, 1.82) is 0 Å². The Morgan fingerprint density at radius 1 is 1.35 bits per heavy atom. The van der Waals surface area contributed by atoms with Crippen molar-refractivity contribution in [1.82, 2.24) is 15.0 Å². The zero-order valence-corrected chi connectivity index (χ0v) is 9.65. The van der Waals surface area contributed by atoms with E-state index in [0.717, 1.165) is 5.56 Å². The summed E-state index contributed by atoms with van der Waals surface area (Å²) in [5.74, 6) is 0. The Kier molecular flexibility index (Phi) is 3.85. The highest BCUT2D eigenvalue weighted by molar-refractivity contribution is 5.15. The van der Waals surface area contributed by atoms with Crippen molar-refractivity contribution in [3.8, 4) is 0 Å². The number of aliphatic hydroxyl groups excluding tert-OH is 1. The summed E-state index contributed by atoms with van der Waals surface area (Å²) >= 11 is 0. The van der Waals surface area contributed by atoms with Crippen LogP contribution in [0.25, 0.3) is 0 Å². The molecule has 17 heavy (non-hydrogen) atoms. The molecule has 1 aromatic heterocycles. The molecule has 0 aliphatic rings. The standard InChI is InChI=1S/C12H15N3O2/c1-17-9-12(16)11-7-13-14-15(11)8-10-5-3-2-4-6-10/h2-7,12,16H,8-9H2,1H3. The van der Waals surface area contributed by atoms with Crippen LogP contribution in [-0.2, 0) is 11.3 Å². The van der Waals surface area contributed by atoms with Gasteiger partial charge in [-0.2, -0.15) is 0 Å². The fourth-order valence-corrected chi connectivity index (χ4v) is 1.65. The summed E-state index contributed by atoms with van der Waals surface area (Å²) in [7, 11) is 1.55. The van der Waals surface area contributed by atoms with Gasteiger partial charge >= 0.3 is 0 Å². The highest BCUT2D eigenvalue weighted by Crippen LogP contribution is 2.12. The van der Waals surface area contributed by atoms with E-state index < -0.39 is 6.10 Å². The fourth-order valence-electron chi connectivity index (χ4n) is 1.65. The Labute approximate surface area is 99.7 Å². The number of ether oxygens (including phenoxy) is 1. The topological polar surface area (TPSA) is 60.2 Å². The van der Waals surface area contributed by atoms with Gasteiger partial charge in [0.25, 0.3) is 0 Å². The second-order valence-electron chi connectivity index (χ2n) is 3.77. The molecule has 90 valence electrons. The van der Waals surface area contributed by atoms with Gasteiger partial charge in [0.2, 0.25) is 0 Å². The Morgan fingerprint density at radius 3 is 2.82 bits per heavy atom. The SMILES string of the molecule is COCC(O)c1cnnn1Cc1ccccc1. The molecule has 0 amide bonds. The lowest BCUT2D eigenvalue weighted by Crippen LogP contribution is -2.13. The van der Waals surface area contributed by atoms with E-state index in [4.69, 9.17) is 4.74 Å². The summed E-state index contributed by atoms with van der Waals surface area (Å²) in [6, 6.07) is 9.92. The van der Waals surface area contributed by atoms with Gasteiger partial charge in [-0.15, -0.1) is 5.10 Å². The van der Waals surface area contributed by atoms with Gasteiger partial charge in [-0.05, 0) is 5.56 Å². The van der Waals surface area contributed by atoms with Crippen molar-refractivity contribution in [2.45, 2.75) is 12.6 Å². The summed E-state index contributed by atoms with van der Waals surface area (Å²) in [6.07, 6.45) is 0.866. The van der Waals surface area contributed by atoms with Crippen molar-refractivity contribution >= 4 is 0 Å². The number of hydrogen-bond acceptors (Lipinski definition) is 4. The van der Waals surface area contributed by atoms with Gasteiger partial charge in [-0.3, -0.25) is 0 Å². The molecular formula is C12H15N3O2. The van der Waals surface area contributed by atoms with Crippen LogP contribution < -0.4 is 0 Å². The number of methoxy groups -OCH3 is 1. The highest BCUT2D eigenvalue weighted by Gasteiger charge is 2.13. The molecule has 1 atom stereocenters. The van der Waals surface area contributed by atoms with Crippen LogP contribution in [0.1, 0.15) is 17.4 Å². The molecule has 1 N–H and O–H groups in total. The number of aromatic nitrogens is 3. The first-order chi connectivity index (χ1) is 8.31. The minimum Gasteiger partial charge on any atom is -0.384 e. The summed E-state index contributed by atoms with van der Waals surface area (Å²) < 4.78 is 6.59. The zero-order chi connectivity index (χ0) is 12.1. The molecule has 2 aromatic rings. The van der Waals surface area contributed by atoms with Gasteiger partial charge in [0.1, 0.15) is 6.10 Å². The van der Waals surface area contributed by atoms with E-state index in [1.54, 1.807) is 18.0 Å². The van der Waals surface area contributed by atoms with Crippen LogP contribution in [0.15, 0.2) is 36.5 Å². The van der Waals surface area contributed by atoms with E-state index in [-0.39, 0.29) is 6.61 Å². The third-order valence-corrected chi connectivity index (χ3v) is 2.49. The quantitative estimate of drug-likeness (QED) is 0.837. The molecule has 5 heteroatoms. The molecule has 0 saturated heterocycles. The Hall–Kier alpha value is -1.72. The van der Waals surface area contributed by atoms with Crippen LogP contribution in [0.5, 0.6) is 0 Å². The number of benzene rings is 1. The second-order valence-corrected chi connectivity index (χ2v) is 3.77. The van der Waals surface area contributed by atoms with Crippen LogP contribution in [0.2, 0.25) is 0 Å². The third-order valence-electron chi connectivity index (χ3n) is 2.49. The minimum absolute atomic E-state index is 0.238. The molecule has 1 aromatic carbocycles. The van der Waals surface area contributed by atoms with E-state index in [9.17, 15) is 5.11 Å². The molecule has 0 radical (unpaired) electrons. The predicted octanol–water partition coefficient (Wildman–Crippen LogP) is 1.01. The van der Waals surface area contributed by atoms with E-state index in [1.165, 1.54) is 0 Å². The van der Waals surface area contributed by atoms with Crippen LogP contribution in [-0.4, -0.2) is 33.8 Å². The third kappa shape index (κ3) is 2.89. The largest absolute Gasteiger partial charge is 0.384 e. The maximum atomic E-state index is 9.84. The van der Waals surface area contributed by atoms with Crippen molar-refractivity contribution in [2.75, 3.05) is 13.7 Å². The second kappa shape index (κ2) is 5.56. The van der Waals surface area contributed by atoms with Crippen LogP contribution in [0.4, 0.5) is 0 Å². The number of nitrogens with zero attached hydrogens (tertiary/aromatic N) is 3. The van der Waals surface area contributed by atoms with Crippen LogP contribution in [0, 0.1) is 0 Å². The molecule has 1 unspecified atom stereocenters. The maximum absolute atomic E-state index is 9.84. The Morgan fingerprint density at radius 2 is 2.12 bits per heavy atom. The summed E-state index contributed by atoms with van der Waals surface area (Å²) in [5.41, 5.74) is 1.78. The maximum Gasteiger partial charge on any atom is 0.120 e. The molecule has 5 nitrogen and oxygen atoms in total. The van der Waals surface area contributed by atoms with Crippen LogP contribution >= 0.6 is 0 Å². The van der Waals surface area contributed by atoms with E-state index >= 15 is 0 Å². The molecular weight excluding hydrogens is 218 g/mol. The number of aliphatic hydroxyl groups is 1. The zero-order valence-electron chi connectivity index (χ0n) is 9.65. The number of hydrogen-bond donors (Lipinski definition) is 1. The molecule has 2 rings (SSSR count). The normalized spacial score (nSPS) is 12.6. The predicted molar refractivity (Wildman–Crippen MR) is 62.4 cm³/mol. The van der Waals surface area contributed by atoms with Gasteiger partial charge in [-0.25, -0.2) is 4.68 Å². The van der Waals surface area contributed by atoms with Crippen molar-refractivity contribution in [3.05, 3.63) is 47.8 Å². The van der Waals surface area contributed by atoms with Crippen molar-refractivity contribution in [2.24, 2.45) is 0 Å². The lowest BCUT2D eigenvalue weighted by molar-refractivity contribution is 0.0588. The summed E-state index contributed by atoms with van der Waals surface area (Å²) in [5, 5.41) is 17.6. The molecule has 0 bridgehead atoms. The average molecular weight is 233 g/mol. The van der Waals surface area contributed by atoms with E-state index in [1.807, 2.05) is 30.3 Å². The Balaban J connectivity index is 2.14. The smallest absolute Gasteiger partial charge is 0.120 e. The van der Waals surface area contributed by atoms with Gasteiger partial charge in [0.05, 0.1) is 25.0 Å². The van der Waals surface area contributed by atoms with E-state index in [0.29, 0.717) is 12.2 Å². The summed E-state index contributed by atoms with van der Waals surface area (Å²) in [4.78, 5) is 0. The minimum atomic E-state index is -0.696. The molecule has 0 aliphatic heterocycles. The summed E-state index contributed by atoms with van der Waals surface area (Å²) in [6.45, 7) is 0.832. The van der Waals surface area contributed by atoms with Crippen molar-refractivity contribution in [3.63, 3.8) is 0 Å². The first-order valence-electron chi connectivity index (χ1n) is 5.40. The van der Waals surface area contributed by atoms with Gasteiger partial charge in [0.15, 0.2) is 0 Å². The van der Waals surface area contributed by atoms with Gasteiger partial charge in [-0.1, -0.05) is 35.5 Å². The monoisotopic (exact) mass is 233 g/mol. The lowest BCUT2D eigenvalue weighted by atomic mass is 10.2. The first-order valence-corrected chi connectivity index (χ1v) is 5.40. The van der Waals surface area contributed by atoms with Gasteiger partial charge < -0.3 is 9.84 Å². The van der Waals surface area contributed by atoms with Crippen molar-refractivity contribution < 1.29 is 9.84 Å². The molecule has 0 fully saturated rings. The molecule has 0 saturated carbocycles. The van der Waals surface area contributed by atoms with Gasteiger partial charge in [0, 0.05) is 7.11 Å². The van der Waals surface area contributed by atoms with E-state index in [2.05, 4.69) is 10.3 Å². The molecule has 0 aliphatic carbocycles. The highest BCUT2D eigenvalue weighted by atomic mass is 16.5. The molecule has 0 spiro atoms. The lowest BCUT2D eigenvalue weighted by Gasteiger charge is -2.11. The van der Waals surface area contributed by atoms with Crippen LogP contribution in [0.3, 0.4) is 0 Å². The Bertz CT molecular complexity index is 456.